The zero-order valence-electron chi connectivity index (χ0n) is 24.2. The number of aliphatic carboxylic acids is 2. The molecule has 0 saturated carbocycles. The molecule has 7 rings (SSSR count). The lowest BCUT2D eigenvalue weighted by Crippen LogP contribution is -2.37. The number of piperidine rings is 1. The number of amides is 1. The Balaban J connectivity index is 0.000000663. The molecule has 7 heteroatoms. The minimum absolute atomic E-state index is 0.338. The van der Waals surface area contributed by atoms with Crippen LogP contribution < -0.4 is 0 Å². The zero-order chi connectivity index (χ0) is 28.9. The van der Waals surface area contributed by atoms with Gasteiger partial charge in [-0.3, -0.25) is 4.79 Å². The smallest absolute Gasteiger partial charge is 0.414 e. The largest absolute Gasteiger partial charge is 0.473 e. The fourth-order valence-electron chi connectivity index (χ4n) is 5.90. The summed E-state index contributed by atoms with van der Waals surface area (Å²) < 4.78 is 0. The van der Waals surface area contributed by atoms with Gasteiger partial charge in [0, 0.05) is 26.1 Å². The Bertz CT molecular complexity index is 1100. The molecule has 2 aromatic carbocycles. The molecule has 4 bridgehead atoms. The van der Waals surface area contributed by atoms with Gasteiger partial charge in [-0.25, -0.2) is 9.59 Å². The second-order valence-electron chi connectivity index (χ2n) is 11.0. The number of hydrogen-bond acceptors (Lipinski definition) is 4. The summed E-state index contributed by atoms with van der Waals surface area (Å²) in [5.74, 6) is -2.63. The summed E-state index contributed by atoms with van der Waals surface area (Å²) in [6, 6.07) is 16.5. The van der Waals surface area contributed by atoms with Crippen LogP contribution >= 0.6 is 0 Å². The van der Waals surface area contributed by atoms with Crippen molar-refractivity contribution < 1.29 is 24.6 Å². The molecule has 0 aromatic heterocycles. The maximum absolute atomic E-state index is 12.4. The third-order valence-electron chi connectivity index (χ3n) is 8.27. The van der Waals surface area contributed by atoms with Crippen molar-refractivity contribution in [2.24, 2.45) is 5.92 Å². The molecular formula is C33H46N2O5. The molecule has 1 unspecified atom stereocenters. The van der Waals surface area contributed by atoms with Gasteiger partial charge in [0.05, 0.1) is 0 Å². The van der Waals surface area contributed by atoms with Gasteiger partial charge >= 0.3 is 11.9 Å². The number of benzene rings is 2. The summed E-state index contributed by atoms with van der Waals surface area (Å²) in [5, 5.41) is 14.8. The summed E-state index contributed by atoms with van der Waals surface area (Å²) >= 11 is 0. The van der Waals surface area contributed by atoms with Gasteiger partial charge in [0.15, 0.2) is 0 Å². The number of rotatable bonds is 9. The highest BCUT2D eigenvalue weighted by Gasteiger charge is 2.21. The quantitative estimate of drug-likeness (QED) is 0.426. The Morgan fingerprint density at radius 1 is 0.875 bits per heavy atom. The fraction of sp³-hybridized carbons (Fsp3) is 0.545. The van der Waals surface area contributed by atoms with Crippen molar-refractivity contribution in [1.29, 1.82) is 0 Å². The van der Waals surface area contributed by atoms with Crippen LogP contribution in [0.3, 0.4) is 0 Å². The molecule has 218 valence electrons. The van der Waals surface area contributed by atoms with Gasteiger partial charge < -0.3 is 20.0 Å². The molecule has 1 amide bonds. The number of nitrogens with zero attached hydrogens (tertiary/aromatic N) is 2. The standard InChI is InChI=1S/C31H44N2O.C2H2O4/c1-3-33(4-2)31(34)20-17-28-7-5-21-32(24-28)22-6-8-30-23-27-14-13-25-9-11-26(12-10-25)15-18-29(30)19-16-27;3-1(4)2(5)6/h9-12,16,19,23,28H,3-8,13-15,17-18,20-22,24H2,1-2H3;(H,3,4)(H,5,6). The topological polar surface area (TPSA) is 98.2 Å². The molecule has 5 aliphatic rings. The Labute approximate surface area is 239 Å². The number of hydrogen-bond donors (Lipinski definition) is 2. The first-order valence-electron chi connectivity index (χ1n) is 14.9. The average Bonchev–Trinajstić information content (AvgIpc) is 2.95. The minimum Gasteiger partial charge on any atom is -0.473 e. The molecule has 0 spiro atoms. The predicted octanol–water partition coefficient (Wildman–Crippen LogP) is 5.02. The molecule has 1 aliphatic heterocycles. The highest BCUT2D eigenvalue weighted by Crippen LogP contribution is 2.23. The van der Waals surface area contributed by atoms with E-state index < -0.39 is 11.9 Å². The van der Waals surface area contributed by atoms with Crippen LogP contribution in [0.1, 0.15) is 73.8 Å². The highest BCUT2D eigenvalue weighted by atomic mass is 16.4. The molecule has 0 radical (unpaired) electrons. The number of carbonyl (C=O) groups excluding carboxylic acids is 1. The molecule has 2 aromatic rings. The summed E-state index contributed by atoms with van der Waals surface area (Å²) in [7, 11) is 0. The van der Waals surface area contributed by atoms with Crippen molar-refractivity contribution in [3.05, 3.63) is 70.3 Å². The number of carboxylic acids is 2. The van der Waals surface area contributed by atoms with E-state index in [-0.39, 0.29) is 0 Å². The SMILES string of the molecule is CCN(CC)C(=O)CCC1CCCN(CCCc2cc3ccc2CCc2ccc(cc2)CC3)C1.O=C(O)C(=O)O. The maximum Gasteiger partial charge on any atom is 0.414 e. The average molecular weight is 551 g/mol. The lowest BCUT2D eigenvalue weighted by molar-refractivity contribution is -0.159. The van der Waals surface area contributed by atoms with E-state index in [0.717, 1.165) is 51.6 Å². The van der Waals surface area contributed by atoms with Crippen molar-refractivity contribution >= 4 is 17.8 Å². The van der Waals surface area contributed by atoms with E-state index in [0.29, 0.717) is 11.8 Å². The van der Waals surface area contributed by atoms with Gasteiger partial charge in [-0.15, -0.1) is 0 Å². The van der Waals surface area contributed by atoms with Crippen LogP contribution in [0.4, 0.5) is 0 Å². The van der Waals surface area contributed by atoms with Crippen molar-refractivity contribution in [1.82, 2.24) is 9.80 Å². The van der Waals surface area contributed by atoms with E-state index in [1.54, 1.807) is 11.1 Å². The van der Waals surface area contributed by atoms with Crippen LogP contribution in [0.25, 0.3) is 0 Å². The number of carboxylic acid groups (broad SMARTS) is 2. The van der Waals surface area contributed by atoms with Crippen LogP contribution in [0, 0.1) is 5.92 Å². The molecule has 4 aliphatic carbocycles. The van der Waals surface area contributed by atoms with Crippen molar-refractivity contribution in [3.8, 4) is 0 Å². The summed E-state index contributed by atoms with van der Waals surface area (Å²) in [4.78, 5) is 35.2. The molecule has 2 N–H and O–H groups in total. The Hall–Kier alpha value is -3.19. The minimum atomic E-state index is -1.82. The lowest BCUT2D eigenvalue weighted by atomic mass is 9.91. The fourth-order valence-corrected chi connectivity index (χ4v) is 5.90. The molecule has 1 fully saturated rings. The van der Waals surface area contributed by atoms with E-state index in [2.05, 4.69) is 61.2 Å². The van der Waals surface area contributed by atoms with E-state index in [9.17, 15) is 4.79 Å². The van der Waals surface area contributed by atoms with Crippen LogP contribution in [0.15, 0.2) is 42.5 Å². The lowest BCUT2D eigenvalue weighted by Gasteiger charge is -2.33. The van der Waals surface area contributed by atoms with Crippen molar-refractivity contribution in [2.45, 2.75) is 78.1 Å². The Kier molecular flexibility index (Phi) is 12.7. The summed E-state index contributed by atoms with van der Waals surface area (Å²) in [5.41, 5.74) is 7.51. The van der Waals surface area contributed by atoms with Crippen molar-refractivity contribution in [3.63, 3.8) is 0 Å². The van der Waals surface area contributed by atoms with E-state index >= 15 is 0 Å². The number of likely N-dealkylation sites (tertiary alicyclic amines) is 1. The zero-order valence-corrected chi connectivity index (χ0v) is 24.2. The predicted molar refractivity (Wildman–Crippen MR) is 158 cm³/mol. The number of aryl methyl sites for hydroxylation is 5. The summed E-state index contributed by atoms with van der Waals surface area (Å²) in [6.45, 7) is 9.41. The normalized spacial score (nSPS) is 16.8. The molecule has 7 nitrogen and oxygen atoms in total. The third kappa shape index (κ3) is 10.1. The van der Waals surface area contributed by atoms with Gasteiger partial charge in [-0.2, -0.15) is 0 Å². The first kappa shape index (κ1) is 31.3. The molecular weight excluding hydrogens is 504 g/mol. The molecule has 1 heterocycles. The van der Waals surface area contributed by atoms with E-state index in [1.807, 2.05) is 4.90 Å². The Morgan fingerprint density at radius 2 is 1.48 bits per heavy atom. The second kappa shape index (κ2) is 16.2. The van der Waals surface area contributed by atoms with Crippen LogP contribution in [0.5, 0.6) is 0 Å². The monoisotopic (exact) mass is 550 g/mol. The maximum atomic E-state index is 12.4. The van der Waals surface area contributed by atoms with Gasteiger partial charge in [0.1, 0.15) is 0 Å². The Morgan fingerprint density at radius 3 is 2.10 bits per heavy atom. The third-order valence-corrected chi connectivity index (χ3v) is 8.27. The highest BCUT2D eigenvalue weighted by molar-refractivity contribution is 6.27. The van der Waals surface area contributed by atoms with Crippen molar-refractivity contribution in [2.75, 3.05) is 32.7 Å². The van der Waals surface area contributed by atoms with Gasteiger partial charge in [0.2, 0.25) is 5.91 Å². The van der Waals surface area contributed by atoms with E-state index in [1.165, 1.54) is 62.0 Å². The first-order chi connectivity index (χ1) is 19.3. The molecule has 1 atom stereocenters. The van der Waals surface area contributed by atoms with Gasteiger partial charge in [-0.05, 0) is 118 Å². The first-order valence-corrected chi connectivity index (χ1v) is 14.9. The summed E-state index contributed by atoms with van der Waals surface area (Å²) in [6.07, 6.45) is 11.3. The van der Waals surface area contributed by atoms with E-state index in [4.69, 9.17) is 19.8 Å². The second-order valence-corrected chi connectivity index (χ2v) is 11.0. The van der Waals surface area contributed by atoms with Crippen LogP contribution in [0.2, 0.25) is 0 Å². The number of carbonyl (C=O) groups is 3. The van der Waals surface area contributed by atoms with Gasteiger partial charge in [-0.1, -0.05) is 42.5 Å². The van der Waals surface area contributed by atoms with Crippen LogP contribution in [-0.4, -0.2) is 70.6 Å². The van der Waals surface area contributed by atoms with Gasteiger partial charge in [0.25, 0.3) is 0 Å². The molecule has 1 saturated heterocycles. The molecule has 40 heavy (non-hydrogen) atoms. The van der Waals surface area contributed by atoms with Crippen LogP contribution in [-0.2, 0) is 46.5 Å².